The van der Waals surface area contributed by atoms with Crippen LogP contribution in [-0.2, 0) is 17.8 Å². The molecule has 0 unspecified atom stereocenters. The van der Waals surface area contributed by atoms with E-state index in [0.717, 1.165) is 27.4 Å². The predicted molar refractivity (Wildman–Crippen MR) is 191 cm³/mol. The minimum Gasteiger partial charge on any atom is -0.497 e. The van der Waals surface area contributed by atoms with Crippen molar-refractivity contribution in [1.29, 1.82) is 10.5 Å². The molecule has 11 nitrogen and oxygen atoms in total. The molecule has 0 bridgehead atoms. The maximum absolute atomic E-state index is 13.7. The van der Waals surface area contributed by atoms with Crippen LogP contribution in [0.2, 0.25) is 0 Å². The second-order valence-electron chi connectivity index (χ2n) is 12.0. The van der Waals surface area contributed by atoms with Gasteiger partial charge in [0.25, 0.3) is 0 Å². The van der Waals surface area contributed by atoms with Gasteiger partial charge in [0, 0.05) is 52.2 Å². The summed E-state index contributed by atoms with van der Waals surface area (Å²) in [5.74, 6) is -0.627. The van der Waals surface area contributed by atoms with Gasteiger partial charge in [0.15, 0.2) is 6.29 Å². The number of methoxy groups -OCH3 is 1. The lowest BCUT2D eigenvalue weighted by Crippen LogP contribution is -2.26. The maximum Gasteiger partial charge on any atom is 0.419 e. The maximum atomic E-state index is 13.7. The number of H-pyrrole nitrogens is 1. The van der Waals surface area contributed by atoms with E-state index in [1.54, 1.807) is 70.6 Å². The first-order valence-corrected chi connectivity index (χ1v) is 15.7. The number of nitrogens with zero attached hydrogens (tertiary/aromatic N) is 5. The first kappa shape index (κ1) is 38.1. The molecule has 0 atom stereocenters. The number of pyridine rings is 2. The quantitative estimate of drug-likeness (QED) is 0.0999. The summed E-state index contributed by atoms with van der Waals surface area (Å²) in [6, 6.07) is 21.1. The molecule has 0 spiro atoms. The summed E-state index contributed by atoms with van der Waals surface area (Å²) in [6.45, 7) is 5.32. The van der Waals surface area contributed by atoms with Gasteiger partial charge in [-0.1, -0.05) is 6.07 Å². The number of carbonyl (C=O) groups excluding carboxylic acids is 2. The minimum atomic E-state index is -0.715. The van der Waals surface area contributed by atoms with E-state index in [4.69, 9.17) is 14.7 Å². The lowest BCUT2D eigenvalue weighted by atomic mass is 10.0. The highest BCUT2D eigenvalue weighted by atomic mass is 19.1. The average molecular weight is 705 g/mol. The molecule has 13 heteroatoms. The number of aliphatic hydroxyl groups is 1. The summed E-state index contributed by atoms with van der Waals surface area (Å²) in [7, 11) is 1.58. The zero-order chi connectivity index (χ0) is 37.8. The van der Waals surface area contributed by atoms with Gasteiger partial charge in [0.1, 0.15) is 11.4 Å². The molecule has 0 saturated heterocycles. The van der Waals surface area contributed by atoms with Crippen LogP contribution in [0, 0.1) is 34.6 Å². The van der Waals surface area contributed by atoms with Gasteiger partial charge in [0.05, 0.1) is 48.9 Å². The highest BCUT2D eigenvalue weighted by Crippen LogP contribution is 2.30. The Morgan fingerprint density at radius 3 is 2.25 bits per heavy atom. The molecule has 0 aliphatic carbocycles. The fraction of sp³-hybridized carbons (Fsp3) is 0.179. The largest absolute Gasteiger partial charge is 0.497 e. The van der Waals surface area contributed by atoms with E-state index < -0.39 is 23.6 Å². The van der Waals surface area contributed by atoms with Gasteiger partial charge in [-0.25, -0.2) is 14.8 Å². The van der Waals surface area contributed by atoms with Crippen LogP contribution in [0.25, 0.3) is 33.5 Å². The molecule has 264 valence electrons. The average Bonchev–Trinajstić information content (AvgIpc) is 3.72. The van der Waals surface area contributed by atoms with Crippen molar-refractivity contribution in [3.05, 3.63) is 125 Å². The Labute approximate surface area is 298 Å². The molecule has 0 aliphatic heterocycles. The fourth-order valence-corrected chi connectivity index (χ4v) is 4.90. The van der Waals surface area contributed by atoms with E-state index >= 15 is 0 Å². The SMILES string of the molecule is CC(C)(C)OC(=O)n1cc(CC#N)c2cc(CO)ccc21.COc1ccc2[nH]cc(/C(C#N)=C/c3cccnc3F)c2c1.O=Cc1cccnc1F. The normalized spacial score (nSPS) is 11.0. The van der Waals surface area contributed by atoms with E-state index in [9.17, 15) is 28.7 Å². The van der Waals surface area contributed by atoms with Crippen molar-refractivity contribution in [2.75, 3.05) is 7.11 Å². The summed E-state index contributed by atoms with van der Waals surface area (Å²) in [4.78, 5) is 32.1. The number of carbonyl (C=O) groups is 2. The van der Waals surface area contributed by atoms with Gasteiger partial charge in [-0.3, -0.25) is 9.36 Å². The summed E-state index contributed by atoms with van der Waals surface area (Å²) >= 11 is 0. The zero-order valence-corrected chi connectivity index (χ0v) is 28.7. The molecule has 0 saturated carbocycles. The van der Waals surface area contributed by atoms with Crippen molar-refractivity contribution < 1.29 is 33.0 Å². The molecule has 4 heterocycles. The second-order valence-corrected chi connectivity index (χ2v) is 12.0. The van der Waals surface area contributed by atoms with E-state index in [1.165, 1.54) is 35.2 Å². The number of nitriles is 2. The Kier molecular flexibility index (Phi) is 12.7. The number of aliphatic hydroxyl groups excluding tert-OH is 1. The van der Waals surface area contributed by atoms with Crippen LogP contribution in [-0.4, -0.2) is 49.7 Å². The number of allylic oxidation sites excluding steroid dienone is 1. The number of halogens is 2. The molecule has 4 aromatic heterocycles. The molecule has 6 rings (SSSR count). The standard InChI is InChI=1S/C17H12FN3O.C16H18N2O3.C6H4FNO/c1-22-13-4-5-16-14(8-13)15(10-21-16)12(9-19)7-11-3-2-6-20-17(11)18;1-16(2,3)21-15(20)18-9-12(6-7-17)13-8-11(10-19)4-5-14(13)18;7-6-5(4-9)2-1-3-8-6/h2-8,10,21H,1H3;4-5,8-9,19H,6,10H2,1-3H3;1-4H/b12-7+;;. The van der Waals surface area contributed by atoms with Gasteiger partial charge < -0.3 is 19.6 Å². The molecular weight excluding hydrogens is 670 g/mol. The van der Waals surface area contributed by atoms with Crippen molar-refractivity contribution in [2.45, 2.75) is 39.4 Å². The fourth-order valence-electron chi connectivity index (χ4n) is 4.90. The Hall–Kier alpha value is -6.70. The van der Waals surface area contributed by atoms with Gasteiger partial charge in [-0.2, -0.15) is 19.3 Å². The predicted octanol–water partition coefficient (Wildman–Crippen LogP) is 7.79. The van der Waals surface area contributed by atoms with Crippen LogP contribution in [0.3, 0.4) is 0 Å². The van der Waals surface area contributed by atoms with Crippen molar-refractivity contribution in [2.24, 2.45) is 0 Å². The van der Waals surface area contributed by atoms with Gasteiger partial charge in [-0.05, 0) is 92.6 Å². The second kappa shape index (κ2) is 17.3. The third-order valence-electron chi connectivity index (χ3n) is 7.30. The molecule has 0 aliphatic rings. The van der Waals surface area contributed by atoms with Crippen LogP contribution in [0.15, 0.2) is 85.5 Å². The number of hydrogen-bond acceptors (Lipinski definition) is 9. The first-order valence-electron chi connectivity index (χ1n) is 15.7. The number of aromatic amines is 1. The third-order valence-corrected chi connectivity index (χ3v) is 7.30. The Balaban J connectivity index is 0.000000189. The minimum absolute atomic E-state index is 0.00231. The number of aldehydes is 1. The number of fused-ring (bicyclic) bond motifs is 2. The highest BCUT2D eigenvalue weighted by molar-refractivity contribution is 6.01. The van der Waals surface area contributed by atoms with Gasteiger partial charge in [-0.15, -0.1) is 0 Å². The number of nitrogens with one attached hydrogen (secondary N) is 1. The number of rotatable bonds is 6. The summed E-state index contributed by atoms with van der Waals surface area (Å²) in [5, 5.41) is 29.2. The van der Waals surface area contributed by atoms with E-state index in [-0.39, 0.29) is 24.2 Å². The van der Waals surface area contributed by atoms with Crippen molar-refractivity contribution >= 4 is 45.8 Å². The van der Waals surface area contributed by atoms with Gasteiger partial charge >= 0.3 is 6.09 Å². The summed E-state index contributed by atoms with van der Waals surface area (Å²) in [6.07, 6.45) is 7.66. The first-order chi connectivity index (χ1) is 24.9. The monoisotopic (exact) mass is 704 g/mol. The van der Waals surface area contributed by atoms with Crippen molar-refractivity contribution in [3.63, 3.8) is 0 Å². The lowest BCUT2D eigenvalue weighted by Gasteiger charge is -2.19. The van der Waals surface area contributed by atoms with Crippen LogP contribution in [0.5, 0.6) is 5.75 Å². The van der Waals surface area contributed by atoms with Crippen LogP contribution in [0.1, 0.15) is 53.4 Å². The number of ether oxygens (including phenoxy) is 2. The smallest absolute Gasteiger partial charge is 0.419 e. The summed E-state index contributed by atoms with van der Waals surface area (Å²) in [5.41, 5.74) is 3.76. The molecule has 2 aromatic carbocycles. The number of hydrogen-bond donors (Lipinski definition) is 2. The van der Waals surface area contributed by atoms with E-state index in [0.29, 0.717) is 28.7 Å². The lowest BCUT2D eigenvalue weighted by molar-refractivity contribution is 0.0544. The Bertz CT molecular complexity index is 2330. The van der Waals surface area contributed by atoms with Crippen LogP contribution < -0.4 is 4.74 Å². The van der Waals surface area contributed by atoms with Crippen molar-refractivity contribution in [1.82, 2.24) is 19.5 Å². The molecule has 0 fully saturated rings. The molecule has 52 heavy (non-hydrogen) atoms. The van der Waals surface area contributed by atoms with E-state index in [2.05, 4.69) is 27.1 Å². The number of aromatic nitrogens is 4. The molecule has 6 aromatic rings. The van der Waals surface area contributed by atoms with Crippen LogP contribution in [0.4, 0.5) is 13.6 Å². The van der Waals surface area contributed by atoms with E-state index in [1.807, 2.05) is 18.2 Å². The summed E-state index contributed by atoms with van der Waals surface area (Å²) < 4.78 is 37.9. The molecule has 0 amide bonds. The van der Waals surface area contributed by atoms with Crippen LogP contribution >= 0.6 is 0 Å². The molecular formula is C39H34F2N6O5. The zero-order valence-electron chi connectivity index (χ0n) is 28.7. The number of benzene rings is 2. The third kappa shape index (κ3) is 9.50. The Morgan fingerprint density at radius 2 is 1.69 bits per heavy atom. The highest BCUT2D eigenvalue weighted by Gasteiger charge is 2.21. The molecule has 0 radical (unpaired) electrons. The molecule has 2 N–H and O–H groups in total. The van der Waals surface area contributed by atoms with Gasteiger partial charge in [0.2, 0.25) is 11.9 Å². The topological polar surface area (TPSA) is 167 Å². The van der Waals surface area contributed by atoms with Crippen molar-refractivity contribution in [3.8, 4) is 17.9 Å². The Morgan fingerprint density at radius 1 is 1.00 bits per heavy atom.